The molecule has 3 heterocycles. The maximum atomic E-state index is 13.5. The third-order valence-corrected chi connectivity index (χ3v) is 9.59. The van der Waals surface area contributed by atoms with Crippen molar-refractivity contribution in [2.24, 2.45) is 5.92 Å². The second kappa shape index (κ2) is 8.88. The van der Waals surface area contributed by atoms with Gasteiger partial charge in [-0.1, -0.05) is 11.3 Å². The van der Waals surface area contributed by atoms with Crippen LogP contribution in [0.3, 0.4) is 0 Å². The number of aryl methyl sites for hydroxylation is 1. The zero-order valence-corrected chi connectivity index (χ0v) is 20.0. The van der Waals surface area contributed by atoms with Gasteiger partial charge in [0.05, 0.1) is 34.5 Å². The fourth-order valence-corrected chi connectivity index (χ4v) is 7.17. The monoisotopic (exact) mass is 491 g/mol. The molecule has 1 saturated heterocycles. The van der Waals surface area contributed by atoms with E-state index in [1.165, 1.54) is 0 Å². The first-order valence-electron chi connectivity index (χ1n) is 11.3. The van der Waals surface area contributed by atoms with Crippen molar-refractivity contribution in [2.75, 3.05) is 13.2 Å². The number of ketones is 1. The van der Waals surface area contributed by atoms with Gasteiger partial charge in [0.2, 0.25) is 0 Å². The largest absolute Gasteiger partial charge is 0.381 e. The van der Waals surface area contributed by atoms with Gasteiger partial charge in [0.15, 0.2) is 20.8 Å². The van der Waals surface area contributed by atoms with E-state index in [1.807, 2.05) is 13.0 Å². The molecule has 0 N–H and O–H groups in total. The number of ether oxygens (including phenoxy) is 1. The standard InChI is InChI=1S/C23H26FN3O4S2/c1-14-8-18-17(21(9-14)33(29,30)16-2-3-16)12-26-27(18)19(10-15-4-6-31-7-5-15)20(28)11-23-25-13-22(24)32-23/h8-9,12-13,15-16,19H,2-7,10-11H2,1H3. The van der Waals surface area contributed by atoms with Crippen LogP contribution < -0.4 is 0 Å². The lowest BCUT2D eigenvalue weighted by molar-refractivity contribution is -0.122. The molecule has 176 valence electrons. The third-order valence-electron chi connectivity index (χ3n) is 6.51. The molecule has 1 aliphatic heterocycles. The van der Waals surface area contributed by atoms with E-state index in [9.17, 15) is 17.6 Å². The summed E-state index contributed by atoms with van der Waals surface area (Å²) in [6, 6.07) is 3.01. The molecule has 2 fully saturated rings. The van der Waals surface area contributed by atoms with E-state index in [0.29, 0.717) is 59.2 Å². The number of rotatable bonds is 8. The minimum Gasteiger partial charge on any atom is -0.381 e. The molecular formula is C23H26FN3O4S2. The third kappa shape index (κ3) is 4.61. The number of nitrogens with zero attached hydrogens (tertiary/aromatic N) is 3. The van der Waals surface area contributed by atoms with Crippen LogP contribution >= 0.6 is 11.3 Å². The minimum absolute atomic E-state index is 0.0167. The van der Waals surface area contributed by atoms with Gasteiger partial charge in [0.1, 0.15) is 11.0 Å². The fourth-order valence-electron chi connectivity index (χ4n) is 4.59. The van der Waals surface area contributed by atoms with Gasteiger partial charge in [-0.2, -0.15) is 9.49 Å². The Kier molecular flexibility index (Phi) is 6.09. The first kappa shape index (κ1) is 22.6. The number of benzene rings is 1. The number of halogens is 1. The number of fused-ring (bicyclic) bond motifs is 1. The SMILES string of the molecule is Cc1cc(S(=O)(=O)C2CC2)c2cnn(C(CC3CCOCC3)C(=O)Cc3ncc(F)s3)c2c1. The number of hydrogen-bond donors (Lipinski definition) is 0. The summed E-state index contributed by atoms with van der Waals surface area (Å²) in [5, 5.41) is 4.77. The van der Waals surface area contributed by atoms with E-state index in [1.54, 1.807) is 16.9 Å². The molecule has 10 heteroatoms. The van der Waals surface area contributed by atoms with Crippen LogP contribution in [0, 0.1) is 18.0 Å². The van der Waals surface area contributed by atoms with E-state index in [-0.39, 0.29) is 17.5 Å². The van der Waals surface area contributed by atoms with E-state index >= 15 is 0 Å². The second-order valence-corrected chi connectivity index (χ2v) is 12.3. The molecule has 0 bridgehead atoms. The van der Waals surface area contributed by atoms with Crippen LogP contribution in [0.5, 0.6) is 0 Å². The summed E-state index contributed by atoms with van der Waals surface area (Å²) < 4.78 is 46.8. The number of aromatic nitrogens is 3. The average molecular weight is 492 g/mol. The minimum atomic E-state index is -3.43. The predicted octanol–water partition coefficient (Wildman–Crippen LogP) is 4.05. The summed E-state index contributed by atoms with van der Waals surface area (Å²) in [5.41, 5.74) is 1.45. The summed E-state index contributed by atoms with van der Waals surface area (Å²) in [6.07, 6.45) is 6.36. The van der Waals surface area contributed by atoms with Crippen molar-refractivity contribution in [1.82, 2.24) is 14.8 Å². The van der Waals surface area contributed by atoms with Crippen molar-refractivity contribution in [3.05, 3.63) is 40.2 Å². The van der Waals surface area contributed by atoms with Crippen LogP contribution in [0.2, 0.25) is 0 Å². The van der Waals surface area contributed by atoms with Crippen molar-refractivity contribution in [3.8, 4) is 0 Å². The quantitative estimate of drug-likeness (QED) is 0.472. The van der Waals surface area contributed by atoms with Crippen molar-refractivity contribution < 1.29 is 22.3 Å². The van der Waals surface area contributed by atoms with Gasteiger partial charge in [-0.05, 0) is 62.6 Å². The highest BCUT2D eigenvalue weighted by Gasteiger charge is 2.38. The number of sulfone groups is 1. The van der Waals surface area contributed by atoms with Gasteiger partial charge in [-0.3, -0.25) is 9.48 Å². The smallest absolute Gasteiger partial charge is 0.196 e. The van der Waals surface area contributed by atoms with E-state index < -0.39 is 21.0 Å². The lowest BCUT2D eigenvalue weighted by atomic mass is 9.90. The van der Waals surface area contributed by atoms with Crippen molar-refractivity contribution >= 4 is 37.9 Å². The van der Waals surface area contributed by atoms with Crippen molar-refractivity contribution in [1.29, 1.82) is 0 Å². The zero-order chi connectivity index (χ0) is 23.2. The summed E-state index contributed by atoms with van der Waals surface area (Å²) in [6.45, 7) is 3.17. The number of thiazole rings is 1. The van der Waals surface area contributed by atoms with E-state index in [0.717, 1.165) is 35.9 Å². The molecule has 2 aromatic heterocycles. The molecule has 3 aromatic rings. The lowest BCUT2D eigenvalue weighted by Crippen LogP contribution is -2.27. The molecule has 0 spiro atoms. The average Bonchev–Trinajstić information content (AvgIpc) is 3.47. The zero-order valence-electron chi connectivity index (χ0n) is 18.4. The van der Waals surface area contributed by atoms with Gasteiger partial charge < -0.3 is 4.74 Å². The Morgan fingerprint density at radius 1 is 1.24 bits per heavy atom. The highest BCUT2D eigenvalue weighted by molar-refractivity contribution is 7.92. The topological polar surface area (TPSA) is 91.1 Å². The summed E-state index contributed by atoms with van der Waals surface area (Å²) in [4.78, 5) is 17.8. The number of carbonyl (C=O) groups is 1. The van der Waals surface area contributed by atoms with Gasteiger partial charge in [0, 0.05) is 18.6 Å². The maximum absolute atomic E-state index is 13.5. The van der Waals surface area contributed by atoms with E-state index in [4.69, 9.17) is 4.74 Å². The Morgan fingerprint density at radius 3 is 2.67 bits per heavy atom. The molecule has 0 amide bonds. The summed E-state index contributed by atoms with van der Waals surface area (Å²) in [7, 11) is -3.43. The Labute approximate surface area is 195 Å². The van der Waals surface area contributed by atoms with Crippen LogP contribution in [-0.2, 0) is 25.8 Å². The number of carbonyl (C=O) groups excluding carboxylic acids is 1. The molecule has 2 aliphatic rings. The summed E-state index contributed by atoms with van der Waals surface area (Å²) >= 11 is 0.871. The van der Waals surface area contributed by atoms with Crippen molar-refractivity contribution in [2.45, 2.75) is 61.6 Å². The molecule has 33 heavy (non-hydrogen) atoms. The fraction of sp³-hybridized carbons (Fsp3) is 0.522. The van der Waals surface area contributed by atoms with Gasteiger partial charge in [-0.25, -0.2) is 13.4 Å². The number of hydrogen-bond acceptors (Lipinski definition) is 7. The van der Waals surface area contributed by atoms with Crippen LogP contribution in [0.25, 0.3) is 10.9 Å². The Balaban J connectivity index is 1.55. The highest BCUT2D eigenvalue weighted by Crippen LogP contribution is 2.38. The van der Waals surface area contributed by atoms with Crippen LogP contribution in [0.1, 0.15) is 48.7 Å². The van der Waals surface area contributed by atoms with Crippen LogP contribution in [0.15, 0.2) is 29.4 Å². The first-order chi connectivity index (χ1) is 15.8. The molecule has 1 unspecified atom stereocenters. The Hall–Kier alpha value is -2.17. The molecular weight excluding hydrogens is 465 g/mol. The van der Waals surface area contributed by atoms with Crippen molar-refractivity contribution in [3.63, 3.8) is 0 Å². The van der Waals surface area contributed by atoms with Crippen LogP contribution in [0.4, 0.5) is 4.39 Å². The molecule has 1 atom stereocenters. The molecule has 1 aliphatic carbocycles. The Morgan fingerprint density at radius 2 is 2.00 bits per heavy atom. The predicted molar refractivity (Wildman–Crippen MR) is 123 cm³/mol. The second-order valence-electron chi connectivity index (χ2n) is 9.04. The van der Waals surface area contributed by atoms with Gasteiger partial charge in [0.25, 0.3) is 0 Å². The Bertz CT molecular complexity index is 1290. The molecule has 5 rings (SSSR count). The lowest BCUT2D eigenvalue weighted by Gasteiger charge is -2.26. The summed E-state index contributed by atoms with van der Waals surface area (Å²) in [5.74, 6) is 0.188. The first-order valence-corrected chi connectivity index (χ1v) is 13.6. The number of Topliss-reactive ketones (excluding diaryl/α,β-unsaturated/α-hetero) is 1. The molecule has 0 radical (unpaired) electrons. The molecule has 7 nitrogen and oxygen atoms in total. The van der Waals surface area contributed by atoms with Gasteiger partial charge >= 0.3 is 0 Å². The maximum Gasteiger partial charge on any atom is 0.196 e. The normalized spacial score (nSPS) is 18.6. The van der Waals surface area contributed by atoms with Crippen LogP contribution in [-0.4, -0.2) is 47.4 Å². The van der Waals surface area contributed by atoms with Gasteiger partial charge in [-0.15, -0.1) is 0 Å². The molecule has 1 aromatic carbocycles. The molecule has 1 saturated carbocycles. The highest BCUT2D eigenvalue weighted by atomic mass is 32.2. The van der Waals surface area contributed by atoms with E-state index in [2.05, 4.69) is 10.1 Å².